The first-order chi connectivity index (χ1) is 7.78. The molecule has 0 atom stereocenters. The molecule has 0 aliphatic rings. The molecular formula is C12H14N2OS. The molecule has 0 radical (unpaired) electrons. The first-order valence-corrected chi connectivity index (χ1v) is 5.95. The van der Waals surface area contributed by atoms with Crippen LogP contribution in [0.1, 0.15) is 10.7 Å². The molecule has 0 unspecified atom stereocenters. The summed E-state index contributed by atoms with van der Waals surface area (Å²) in [6.07, 6.45) is 0. The van der Waals surface area contributed by atoms with Crippen molar-refractivity contribution in [2.45, 2.75) is 13.5 Å². The zero-order chi connectivity index (χ0) is 11.4. The van der Waals surface area contributed by atoms with E-state index in [-0.39, 0.29) is 0 Å². The van der Waals surface area contributed by atoms with Gasteiger partial charge in [0.1, 0.15) is 10.8 Å². The van der Waals surface area contributed by atoms with E-state index in [0.29, 0.717) is 0 Å². The van der Waals surface area contributed by atoms with Crippen LogP contribution in [0.15, 0.2) is 29.6 Å². The average Bonchev–Trinajstić information content (AvgIpc) is 2.73. The summed E-state index contributed by atoms with van der Waals surface area (Å²) in [5.41, 5.74) is 2.12. The minimum Gasteiger partial charge on any atom is -0.497 e. The second-order valence-electron chi connectivity index (χ2n) is 3.47. The van der Waals surface area contributed by atoms with Crippen LogP contribution in [-0.2, 0) is 6.54 Å². The smallest absolute Gasteiger partial charge is 0.120 e. The highest BCUT2D eigenvalue weighted by atomic mass is 32.1. The van der Waals surface area contributed by atoms with Crippen LogP contribution in [0.4, 0.5) is 5.69 Å². The number of nitrogens with one attached hydrogen (secondary N) is 1. The molecule has 0 saturated heterocycles. The van der Waals surface area contributed by atoms with Gasteiger partial charge in [-0.05, 0) is 19.1 Å². The van der Waals surface area contributed by atoms with Gasteiger partial charge in [0.05, 0.1) is 13.7 Å². The second kappa shape index (κ2) is 4.99. The van der Waals surface area contributed by atoms with Gasteiger partial charge >= 0.3 is 0 Å². The maximum Gasteiger partial charge on any atom is 0.120 e. The zero-order valence-electron chi connectivity index (χ0n) is 9.36. The van der Waals surface area contributed by atoms with Crippen LogP contribution in [0.3, 0.4) is 0 Å². The minimum atomic E-state index is 0.756. The van der Waals surface area contributed by atoms with Crippen LogP contribution in [0.5, 0.6) is 5.75 Å². The van der Waals surface area contributed by atoms with E-state index in [0.717, 1.165) is 28.7 Å². The van der Waals surface area contributed by atoms with Gasteiger partial charge < -0.3 is 10.1 Å². The van der Waals surface area contributed by atoms with E-state index in [4.69, 9.17) is 4.74 Å². The number of rotatable bonds is 4. The Bertz CT molecular complexity index is 468. The predicted octanol–water partition coefficient (Wildman–Crippen LogP) is 3.07. The topological polar surface area (TPSA) is 34.1 Å². The van der Waals surface area contributed by atoms with Crippen molar-refractivity contribution in [2.24, 2.45) is 0 Å². The number of methoxy groups -OCH3 is 1. The van der Waals surface area contributed by atoms with Crippen molar-refractivity contribution in [3.8, 4) is 5.75 Å². The van der Waals surface area contributed by atoms with Crippen molar-refractivity contribution in [1.29, 1.82) is 0 Å². The number of aromatic nitrogens is 1. The number of ether oxygens (including phenoxy) is 1. The summed E-state index contributed by atoms with van der Waals surface area (Å²) < 4.78 is 5.16. The molecule has 1 heterocycles. The van der Waals surface area contributed by atoms with Gasteiger partial charge in [-0.2, -0.15) is 0 Å². The molecule has 0 saturated carbocycles. The fourth-order valence-electron chi connectivity index (χ4n) is 1.39. The maximum absolute atomic E-state index is 5.16. The summed E-state index contributed by atoms with van der Waals surface area (Å²) in [6.45, 7) is 2.76. The molecule has 2 aromatic rings. The Labute approximate surface area is 99.1 Å². The Morgan fingerprint density at radius 1 is 1.44 bits per heavy atom. The third-order valence-corrected chi connectivity index (χ3v) is 3.15. The van der Waals surface area contributed by atoms with Crippen molar-refractivity contribution in [1.82, 2.24) is 4.98 Å². The zero-order valence-corrected chi connectivity index (χ0v) is 10.2. The number of thiazole rings is 1. The van der Waals surface area contributed by atoms with Gasteiger partial charge in [0, 0.05) is 22.8 Å². The first-order valence-electron chi connectivity index (χ1n) is 5.07. The van der Waals surface area contributed by atoms with E-state index in [2.05, 4.69) is 15.7 Å². The fourth-order valence-corrected chi connectivity index (χ4v) is 2.11. The van der Waals surface area contributed by atoms with E-state index in [1.54, 1.807) is 18.4 Å². The average molecular weight is 234 g/mol. The standard InChI is InChI=1S/C12H14N2OS/c1-9-8-16-12(14-9)7-13-10-4-3-5-11(6-10)15-2/h3-6,8,13H,7H2,1-2H3. The third kappa shape index (κ3) is 2.73. The lowest BCUT2D eigenvalue weighted by Crippen LogP contribution is -1.99. The van der Waals surface area contributed by atoms with Crippen LogP contribution in [0.25, 0.3) is 0 Å². The molecule has 0 aliphatic carbocycles. The van der Waals surface area contributed by atoms with Gasteiger partial charge in [0.15, 0.2) is 0 Å². The van der Waals surface area contributed by atoms with Gasteiger partial charge in [0.25, 0.3) is 0 Å². The molecular weight excluding hydrogens is 220 g/mol. The number of aryl methyl sites for hydroxylation is 1. The lowest BCUT2D eigenvalue weighted by molar-refractivity contribution is 0.415. The summed E-state index contributed by atoms with van der Waals surface area (Å²) in [5, 5.41) is 6.47. The molecule has 2 rings (SSSR count). The van der Waals surface area contributed by atoms with Gasteiger partial charge in [-0.15, -0.1) is 11.3 Å². The van der Waals surface area contributed by atoms with Gasteiger partial charge in [-0.3, -0.25) is 0 Å². The highest BCUT2D eigenvalue weighted by Crippen LogP contribution is 2.18. The van der Waals surface area contributed by atoms with E-state index in [1.807, 2.05) is 31.2 Å². The maximum atomic E-state index is 5.16. The number of benzene rings is 1. The second-order valence-corrected chi connectivity index (χ2v) is 4.41. The normalized spacial score (nSPS) is 10.1. The van der Waals surface area contributed by atoms with Crippen molar-refractivity contribution in [3.05, 3.63) is 40.3 Å². The summed E-state index contributed by atoms with van der Waals surface area (Å²) in [6, 6.07) is 7.89. The van der Waals surface area contributed by atoms with Crippen LogP contribution < -0.4 is 10.1 Å². The van der Waals surface area contributed by atoms with Crippen molar-refractivity contribution < 1.29 is 4.74 Å². The summed E-state index contributed by atoms with van der Waals surface area (Å²) in [4.78, 5) is 4.39. The Kier molecular flexibility index (Phi) is 3.41. The van der Waals surface area contributed by atoms with E-state index in [9.17, 15) is 0 Å². The SMILES string of the molecule is COc1cccc(NCc2nc(C)cs2)c1. The quantitative estimate of drug-likeness (QED) is 0.882. The van der Waals surface area contributed by atoms with Crippen molar-refractivity contribution in [3.63, 3.8) is 0 Å². The fraction of sp³-hybridized carbons (Fsp3) is 0.250. The molecule has 0 aliphatic heterocycles. The van der Waals surface area contributed by atoms with E-state index < -0.39 is 0 Å². The highest BCUT2D eigenvalue weighted by molar-refractivity contribution is 7.09. The van der Waals surface area contributed by atoms with Crippen molar-refractivity contribution in [2.75, 3.05) is 12.4 Å². The lowest BCUT2D eigenvalue weighted by atomic mass is 10.3. The van der Waals surface area contributed by atoms with Gasteiger partial charge in [0.2, 0.25) is 0 Å². The molecule has 1 aromatic heterocycles. The van der Waals surface area contributed by atoms with Gasteiger partial charge in [-0.1, -0.05) is 6.07 Å². The molecule has 84 valence electrons. The van der Waals surface area contributed by atoms with Crippen LogP contribution >= 0.6 is 11.3 Å². The van der Waals surface area contributed by atoms with Crippen LogP contribution in [0, 0.1) is 6.92 Å². The predicted molar refractivity (Wildman–Crippen MR) is 67.2 cm³/mol. The Hall–Kier alpha value is -1.55. The number of hydrogen-bond acceptors (Lipinski definition) is 4. The van der Waals surface area contributed by atoms with Gasteiger partial charge in [-0.25, -0.2) is 4.98 Å². The van der Waals surface area contributed by atoms with E-state index in [1.165, 1.54) is 0 Å². The number of anilines is 1. The van der Waals surface area contributed by atoms with E-state index >= 15 is 0 Å². The largest absolute Gasteiger partial charge is 0.497 e. The number of hydrogen-bond donors (Lipinski definition) is 1. The van der Waals surface area contributed by atoms with Crippen LogP contribution in [-0.4, -0.2) is 12.1 Å². The molecule has 16 heavy (non-hydrogen) atoms. The lowest BCUT2D eigenvalue weighted by Gasteiger charge is -2.06. The molecule has 3 nitrogen and oxygen atoms in total. The molecule has 0 bridgehead atoms. The minimum absolute atomic E-state index is 0.756. The molecule has 1 N–H and O–H groups in total. The Morgan fingerprint density at radius 2 is 2.31 bits per heavy atom. The Morgan fingerprint density at radius 3 is 3.00 bits per heavy atom. The summed E-state index contributed by atoms with van der Waals surface area (Å²) in [5.74, 6) is 0.861. The monoisotopic (exact) mass is 234 g/mol. The molecule has 0 amide bonds. The Balaban J connectivity index is 1.99. The number of nitrogens with zero attached hydrogens (tertiary/aromatic N) is 1. The molecule has 4 heteroatoms. The highest BCUT2D eigenvalue weighted by Gasteiger charge is 1.99. The van der Waals surface area contributed by atoms with Crippen molar-refractivity contribution >= 4 is 17.0 Å². The molecule has 0 spiro atoms. The summed E-state index contributed by atoms with van der Waals surface area (Å²) >= 11 is 1.67. The third-order valence-electron chi connectivity index (χ3n) is 2.18. The summed E-state index contributed by atoms with van der Waals surface area (Å²) in [7, 11) is 1.67. The van der Waals surface area contributed by atoms with Crippen LogP contribution in [0.2, 0.25) is 0 Å². The molecule has 0 fully saturated rings. The first kappa shape index (κ1) is 11.0. The molecule has 1 aromatic carbocycles.